The number of aliphatic hydroxyl groups excluding tert-OH is 3. The highest BCUT2D eigenvalue weighted by atomic mass is 16.8. The maximum atomic E-state index is 12.5. The third kappa shape index (κ3) is 6.21. The molecule has 0 amide bonds. The molecule has 1 aliphatic carbocycles. The number of hydrogen-bond acceptors (Lipinski definition) is 13. The number of phenols is 1. The van der Waals surface area contributed by atoms with Crippen LogP contribution in [0.2, 0.25) is 0 Å². The molecule has 4 rings (SSSR count). The molecular weight excluding hydrogens is 532 g/mol. The summed E-state index contributed by atoms with van der Waals surface area (Å²) in [6, 6.07) is 6.08. The highest BCUT2D eigenvalue weighted by Gasteiger charge is 2.55. The lowest BCUT2D eigenvalue weighted by Gasteiger charge is -2.44. The molecule has 1 aromatic carbocycles. The van der Waals surface area contributed by atoms with E-state index < -0.39 is 73.4 Å². The van der Waals surface area contributed by atoms with E-state index in [0.717, 1.165) is 6.08 Å². The van der Waals surface area contributed by atoms with Crippen LogP contribution in [-0.2, 0) is 38.0 Å². The molecule has 1 saturated heterocycles. The van der Waals surface area contributed by atoms with E-state index in [1.165, 1.54) is 32.4 Å². The van der Waals surface area contributed by atoms with Crippen LogP contribution in [0, 0.1) is 5.92 Å². The maximum absolute atomic E-state index is 12.5. The van der Waals surface area contributed by atoms with Gasteiger partial charge in [0.2, 0.25) is 0 Å². The van der Waals surface area contributed by atoms with Crippen molar-refractivity contribution in [3.05, 3.63) is 47.1 Å². The molecule has 3 aliphatic rings. The average Bonchev–Trinajstić information content (AvgIpc) is 3.26. The standard InChI is InChI=1S/C27H34O13/c1-27(34)11-10-15-18(23(33)35-2)24(36-3)39-25(19(15)27)40-26-22(32)21(31)20(30)16(38-26)12-37-17(29)9-6-13-4-7-14(28)8-5-13/h4-9,16,19-22,24-26,28,30-32,34H,10-12H2,1-3H3/b9-6+/t16?,19?,20?,21?,22?,24-,25+,26?,27+/m1/s1. The zero-order valence-corrected chi connectivity index (χ0v) is 22.2. The van der Waals surface area contributed by atoms with Crippen molar-refractivity contribution in [2.24, 2.45) is 5.92 Å². The third-order valence-corrected chi connectivity index (χ3v) is 7.31. The summed E-state index contributed by atoms with van der Waals surface area (Å²) >= 11 is 0. The first kappa shape index (κ1) is 30.1. The van der Waals surface area contributed by atoms with E-state index in [9.17, 15) is 35.1 Å². The second kappa shape index (κ2) is 12.3. The summed E-state index contributed by atoms with van der Waals surface area (Å²) in [6.07, 6.45) is -7.25. The molecule has 2 aliphatic heterocycles. The van der Waals surface area contributed by atoms with E-state index in [-0.39, 0.29) is 17.7 Å². The highest BCUT2D eigenvalue weighted by Crippen LogP contribution is 2.49. The van der Waals surface area contributed by atoms with Gasteiger partial charge in [0.1, 0.15) is 36.8 Å². The van der Waals surface area contributed by atoms with Crippen LogP contribution in [0.4, 0.5) is 0 Å². The number of carbonyl (C=O) groups excluding carboxylic acids is 2. The quantitative estimate of drug-likeness (QED) is 0.204. The number of benzene rings is 1. The Bertz CT molecular complexity index is 1130. The van der Waals surface area contributed by atoms with Crippen molar-refractivity contribution < 1.29 is 63.5 Å². The lowest BCUT2D eigenvalue weighted by molar-refractivity contribution is -0.363. The number of aliphatic hydroxyl groups is 4. The third-order valence-electron chi connectivity index (χ3n) is 7.31. The predicted octanol–water partition coefficient (Wildman–Crippen LogP) is -0.268. The molecule has 2 fully saturated rings. The Hall–Kier alpha value is -2.88. The molecule has 0 aromatic heterocycles. The second-order valence-corrected chi connectivity index (χ2v) is 10.0. The molecule has 0 radical (unpaired) electrons. The van der Waals surface area contributed by atoms with Crippen LogP contribution in [0.1, 0.15) is 25.3 Å². The van der Waals surface area contributed by atoms with Gasteiger partial charge in [-0.05, 0) is 49.1 Å². The van der Waals surface area contributed by atoms with Crippen molar-refractivity contribution in [1.29, 1.82) is 0 Å². The lowest BCUT2D eigenvalue weighted by Crippen LogP contribution is -2.61. The molecule has 9 atom stereocenters. The van der Waals surface area contributed by atoms with Crippen molar-refractivity contribution in [1.82, 2.24) is 0 Å². The van der Waals surface area contributed by atoms with Crippen molar-refractivity contribution in [2.75, 3.05) is 20.8 Å². The summed E-state index contributed by atoms with van der Waals surface area (Å²) in [7, 11) is 2.52. The highest BCUT2D eigenvalue weighted by molar-refractivity contribution is 5.90. The van der Waals surface area contributed by atoms with E-state index in [2.05, 4.69) is 0 Å². The largest absolute Gasteiger partial charge is 0.508 e. The smallest absolute Gasteiger partial charge is 0.338 e. The Morgan fingerprint density at radius 2 is 1.75 bits per heavy atom. The van der Waals surface area contributed by atoms with Gasteiger partial charge in [-0.15, -0.1) is 0 Å². The monoisotopic (exact) mass is 566 g/mol. The number of fused-ring (bicyclic) bond motifs is 1. The molecule has 0 bridgehead atoms. The topological polar surface area (TPSA) is 191 Å². The van der Waals surface area contributed by atoms with Crippen molar-refractivity contribution in [3.8, 4) is 5.75 Å². The van der Waals surface area contributed by atoms with Gasteiger partial charge in [0.15, 0.2) is 18.9 Å². The first-order valence-corrected chi connectivity index (χ1v) is 12.7. The number of esters is 2. The van der Waals surface area contributed by atoms with E-state index in [4.69, 9.17) is 28.4 Å². The van der Waals surface area contributed by atoms with Crippen LogP contribution in [0.25, 0.3) is 6.08 Å². The minimum absolute atomic E-state index is 0.0738. The van der Waals surface area contributed by atoms with E-state index in [1.807, 2.05) is 0 Å². The summed E-state index contributed by atoms with van der Waals surface area (Å²) in [5.41, 5.74) is -0.117. The van der Waals surface area contributed by atoms with Gasteiger partial charge in [0.05, 0.1) is 24.2 Å². The minimum Gasteiger partial charge on any atom is -0.508 e. The molecule has 2 heterocycles. The SMILES string of the molecule is COC(=O)C1=C2CC[C@](C)(O)C2[C@H](OC2OC(COC(=O)/C=C/c3ccc(O)cc3)C(O)C(O)C2O)O[C@H]1OC. The molecule has 1 saturated carbocycles. The maximum Gasteiger partial charge on any atom is 0.338 e. The minimum atomic E-state index is -1.73. The molecule has 6 unspecified atom stereocenters. The fraction of sp³-hybridized carbons (Fsp3) is 0.556. The van der Waals surface area contributed by atoms with Gasteiger partial charge in [-0.25, -0.2) is 9.59 Å². The number of carbonyl (C=O) groups is 2. The van der Waals surface area contributed by atoms with Crippen LogP contribution >= 0.6 is 0 Å². The Morgan fingerprint density at radius 3 is 2.40 bits per heavy atom. The van der Waals surface area contributed by atoms with Crippen molar-refractivity contribution >= 4 is 18.0 Å². The predicted molar refractivity (Wildman–Crippen MR) is 134 cm³/mol. The summed E-state index contributed by atoms with van der Waals surface area (Å²) in [5.74, 6) is -2.25. The van der Waals surface area contributed by atoms with Crippen LogP contribution < -0.4 is 0 Å². The zero-order chi connectivity index (χ0) is 29.2. The van der Waals surface area contributed by atoms with Crippen molar-refractivity contribution in [3.63, 3.8) is 0 Å². The fourth-order valence-electron chi connectivity index (χ4n) is 5.14. The van der Waals surface area contributed by atoms with Gasteiger partial charge >= 0.3 is 11.9 Å². The van der Waals surface area contributed by atoms with Crippen LogP contribution in [0.3, 0.4) is 0 Å². The van der Waals surface area contributed by atoms with Gasteiger partial charge < -0.3 is 54.0 Å². The molecule has 0 spiro atoms. The number of methoxy groups -OCH3 is 2. The Balaban J connectivity index is 1.47. The molecule has 13 nitrogen and oxygen atoms in total. The number of ether oxygens (including phenoxy) is 6. The molecule has 13 heteroatoms. The first-order chi connectivity index (χ1) is 19.0. The van der Waals surface area contributed by atoms with E-state index in [1.54, 1.807) is 19.1 Å². The number of hydrogen-bond donors (Lipinski definition) is 5. The summed E-state index contributed by atoms with van der Waals surface area (Å²) in [6.45, 7) is 1.06. The van der Waals surface area contributed by atoms with E-state index >= 15 is 0 Å². The Morgan fingerprint density at radius 1 is 1.05 bits per heavy atom. The Kier molecular flexibility index (Phi) is 9.27. The average molecular weight is 567 g/mol. The summed E-state index contributed by atoms with van der Waals surface area (Å²) in [4.78, 5) is 24.7. The van der Waals surface area contributed by atoms with Gasteiger partial charge in [-0.1, -0.05) is 12.1 Å². The zero-order valence-electron chi connectivity index (χ0n) is 22.2. The van der Waals surface area contributed by atoms with Crippen LogP contribution in [0.15, 0.2) is 41.5 Å². The van der Waals surface area contributed by atoms with Crippen LogP contribution in [-0.4, -0.2) is 107 Å². The number of rotatable bonds is 8. The molecule has 40 heavy (non-hydrogen) atoms. The van der Waals surface area contributed by atoms with Gasteiger partial charge in [0, 0.05) is 13.2 Å². The van der Waals surface area contributed by atoms with E-state index in [0.29, 0.717) is 17.6 Å². The summed E-state index contributed by atoms with van der Waals surface area (Å²) < 4.78 is 32.7. The van der Waals surface area contributed by atoms with Crippen LogP contribution in [0.5, 0.6) is 5.75 Å². The number of phenolic OH excluding ortho intramolecular Hbond substituents is 1. The molecule has 220 valence electrons. The number of aromatic hydroxyl groups is 1. The normalized spacial score (nSPS) is 36.0. The summed E-state index contributed by atoms with van der Waals surface area (Å²) in [5, 5.41) is 51.9. The van der Waals surface area contributed by atoms with Gasteiger partial charge in [-0.2, -0.15) is 0 Å². The lowest BCUT2D eigenvalue weighted by atomic mass is 9.85. The molecular formula is C27H34O13. The molecule has 5 N–H and O–H groups in total. The van der Waals surface area contributed by atoms with Gasteiger partial charge in [-0.3, -0.25) is 0 Å². The molecule has 1 aromatic rings. The first-order valence-electron chi connectivity index (χ1n) is 12.7. The Labute approximate surface area is 230 Å². The second-order valence-electron chi connectivity index (χ2n) is 10.0. The fourth-order valence-corrected chi connectivity index (χ4v) is 5.14. The van der Waals surface area contributed by atoms with Gasteiger partial charge in [0.25, 0.3) is 0 Å². The van der Waals surface area contributed by atoms with Crippen molar-refractivity contribution in [2.45, 2.75) is 68.7 Å².